The van der Waals surface area contributed by atoms with Crippen LogP contribution in [0.5, 0.6) is 5.75 Å². The summed E-state index contributed by atoms with van der Waals surface area (Å²) in [6, 6.07) is 8.82. The van der Waals surface area contributed by atoms with Crippen molar-refractivity contribution in [3.05, 3.63) is 62.6 Å². The first-order chi connectivity index (χ1) is 13.5. The minimum Gasteiger partial charge on any atom is -0.424 e. The third-order valence-corrected chi connectivity index (χ3v) is 8.64. The zero-order chi connectivity index (χ0) is 21.4. The second-order valence-corrected chi connectivity index (χ2v) is 11.3. The third kappa shape index (κ3) is 5.07. The van der Waals surface area contributed by atoms with Crippen LogP contribution in [0.25, 0.3) is 10.1 Å². The summed E-state index contributed by atoms with van der Waals surface area (Å²) in [4.78, 5) is 19.9. The Morgan fingerprint density at radius 1 is 1.17 bits per heavy atom. The number of benzene rings is 2. The number of rotatable bonds is 7. The van der Waals surface area contributed by atoms with E-state index in [2.05, 4.69) is 0 Å². The highest BCUT2D eigenvalue weighted by Crippen LogP contribution is 2.43. The summed E-state index contributed by atoms with van der Waals surface area (Å²) >= 11 is 13.0. The van der Waals surface area contributed by atoms with Crippen molar-refractivity contribution >= 4 is 67.9 Å². The molecule has 1 aromatic heterocycles. The van der Waals surface area contributed by atoms with Gasteiger partial charge in [-0.2, -0.15) is 4.72 Å². The monoisotopic (exact) mass is 496 g/mol. The molecule has 0 aliphatic carbocycles. The lowest BCUT2D eigenvalue weighted by Gasteiger charge is -2.13. The first kappa shape index (κ1) is 22.0. The number of non-ortho nitro benzene ring substituents is 1. The van der Waals surface area contributed by atoms with Crippen molar-refractivity contribution in [2.45, 2.75) is 4.21 Å². The molecule has 3 aromatic rings. The average Bonchev–Trinajstić information content (AvgIpc) is 3.11. The van der Waals surface area contributed by atoms with E-state index in [0.29, 0.717) is 20.1 Å². The van der Waals surface area contributed by atoms with Gasteiger partial charge in [-0.05, 0) is 30.3 Å². The van der Waals surface area contributed by atoms with E-state index in [9.17, 15) is 28.0 Å². The van der Waals surface area contributed by atoms with Crippen LogP contribution in [0.2, 0.25) is 10.0 Å². The van der Waals surface area contributed by atoms with Gasteiger partial charge in [0.2, 0.25) is 0 Å². The molecule has 0 saturated heterocycles. The number of sulfonamides is 1. The van der Waals surface area contributed by atoms with Crippen molar-refractivity contribution in [1.29, 1.82) is 0 Å². The Morgan fingerprint density at radius 2 is 1.79 bits per heavy atom. The van der Waals surface area contributed by atoms with Gasteiger partial charge >= 0.3 is 7.60 Å². The van der Waals surface area contributed by atoms with Crippen LogP contribution < -0.4 is 9.25 Å². The number of hydrogen-bond donors (Lipinski definition) is 2. The summed E-state index contributed by atoms with van der Waals surface area (Å²) in [6.07, 6.45) is -0.915. The molecule has 29 heavy (non-hydrogen) atoms. The number of nitrogens with one attached hydrogen (secondary N) is 1. The van der Waals surface area contributed by atoms with Crippen LogP contribution in [-0.2, 0) is 14.6 Å². The molecule has 1 heterocycles. The van der Waals surface area contributed by atoms with Crippen LogP contribution in [0.4, 0.5) is 5.69 Å². The van der Waals surface area contributed by atoms with Gasteiger partial charge in [-0.25, -0.2) is 13.0 Å². The Labute approximate surface area is 178 Å². The number of halogens is 2. The van der Waals surface area contributed by atoms with Crippen LogP contribution >= 0.6 is 42.1 Å². The molecule has 0 spiro atoms. The highest BCUT2D eigenvalue weighted by atomic mass is 35.5. The van der Waals surface area contributed by atoms with Crippen LogP contribution in [0.3, 0.4) is 0 Å². The van der Waals surface area contributed by atoms with Crippen LogP contribution in [-0.4, -0.2) is 24.5 Å². The SMILES string of the molecule is O=[N+]([O-])c1ccc(OP(=O)(O)CNS(=O)(=O)c2cc3c(Cl)ccc(Cl)c3s2)cc1. The van der Waals surface area contributed by atoms with Gasteiger partial charge in [0, 0.05) is 22.5 Å². The zero-order valence-electron chi connectivity index (χ0n) is 14.1. The molecule has 0 aliphatic heterocycles. The van der Waals surface area contributed by atoms with Gasteiger partial charge in [-0.3, -0.25) is 10.1 Å². The predicted molar refractivity (Wildman–Crippen MR) is 111 cm³/mol. The van der Waals surface area contributed by atoms with Gasteiger partial charge in [-0.15, -0.1) is 11.3 Å². The molecule has 0 aliphatic rings. The second-order valence-electron chi connectivity index (χ2n) is 5.62. The van der Waals surface area contributed by atoms with E-state index < -0.39 is 28.8 Å². The van der Waals surface area contributed by atoms with Gasteiger partial charge < -0.3 is 9.42 Å². The van der Waals surface area contributed by atoms with E-state index in [-0.39, 0.29) is 15.6 Å². The van der Waals surface area contributed by atoms with Gasteiger partial charge in [-0.1, -0.05) is 23.2 Å². The Morgan fingerprint density at radius 3 is 2.38 bits per heavy atom. The van der Waals surface area contributed by atoms with Crippen molar-refractivity contribution in [3.63, 3.8) is 0 Å². The quantitative estimate of drug-likeness (QED) is 0.276. The van der Waals surface area contributed by atoms with Crippen molar-refractivity contribution < 1.29 is 27.3 Å². The largest absolute Gasteiger partial charge is 0.424 e. The summed E-state index contributed by atoms with van der Waals surface area (Å²) in [5, 5.41) is 11.7. The Balaban J connectivity index is 1.75. The van der Waals surface area contributed by atoms with Gasteiger partial charge in [0.15, 0.2) is 0 Å². The molecule has 0 radical (unpaired) electrons. The van der Waals surface area contributed by atoms with Crippen molar-refractivity contribution in [3.8, 4) is 5.75 Å². The molecule has 2 N–H and O–H groups in total. The van der Waals surface area contributed by atoms with Crippen LogP contribution in [0, 0.1) is 10.1 Å². The molecular formula is C15H11Cl2N2O7PS2. The summed E-state index contributed by atoms with van der Waals surface area (Å²) in [6.45, 7) is 0. The van der Waals surface area contributed by atoms with Crippen molar-refractivity contribution in [2.24, 2.45) is 0 Å². The number of nitro groups is 1. The molecule has 0 fully saturated rings. The molecule has 1 unspecified atom stereocenters. The van der Waals surface area contributed by atoms with E-state index in [1.54, 1.807) is 0 Å². The number of fused-ring (bicyclic) bond motifs is 1. The Hall–Kier alpha value is -1.72. The maximum absolute atomic E-state index is 12.5. The maximum atomic E-state index is 12.5. The molecule has 0 saturated carbocycles. The van der Waals surface area contributed by atoms with Gasteiger partial charge in [0.05, 0.1) is 14.6 Å². The lowest BCUT2D eigenvalue weighted by molar-refractivity contribution is -0.384. The summed E-state index contributed by atoms with van der Waals surface area (Å²) in [5.74, 6) is -0.124. The van der Waals surface area contributed by atoms with Crippen molar-refractivity contribution in [1.82, 2.24) is 4.72 Å². The van der Waals surface area contributed by atoms with E-state index in [1.165, 1.54) is 18.2 Å². The van der Waals surface area contributed by atoms with E-state index in [1.807, 2.05) is 4.72 Å². The zero-order valence-corrected chi connectivity index (χ0v) is 18.2. The normalized spacial score (nSPS) is 13.9. The van der Waals surface area contributed by atoms with Crippen LogP contribution in [0.1, 0.15) is 0 Å². The summed E-state index contributed by atoms with van der Waals surface area (Å²) in [7, 11) is -8.58. The lowest BCUT2D eigenvalue weighted by Crippen LogP contribution is -2.25. The first-order valence-corrected chi connectivity index (χ1v) is 12.4. The van der Waals surface area contributed by atoms with E-state index in [0.717, 1.165) is 35.6 Å². The minimum absolute atomic E-state index is 0.124. The molecule has 2 aromatic carbocycles. The number of nitrogens with zero attached hydrogens (tertiary/aromatic N) is 1. The molecule has 154 valence electrons. The van der Waals surface area contributed by atoms with Gasteiger partial charge in [0.25, 0.3) is 15.7 Å². The molecule has 0 bridgehead atoms. The van der Waals surface area contributed by atoms with Gasteiger partial charge in [0.1, 0.15) is 16.2 Å². The topological polar surface area (TPSA) is 136 Å². The fourth-order valence-electron chi connectivity index (χ4n) is 2.23. The molecule has 1 atom stereocenters. The number of hydrogen-bond acceptors (Lipinski definition) is 7. The molecule has 3 rings (SSSR count). The van der Waals surface area contributed by atoms with E-state index in [4.69, 9.17) is 27.7 Å². The lowest BCUT2D eigenvalue weighted by atomic mass is 10.3. The Bertz CT molecular complexity index is 1210. The molecule has 0 amide bonds. The Kier molecular flexibility index (Phi) is 6.21. The highest BCUT2D eigenvalue weighted by molar-refractivity contribution is 7.92. The number of nitro benzene ring substituents is 1. The molecular weight excluding hydrogens is 486 g/mol. The smallest absolute Gasteiger partial charge is 0.391 e. The third-order valence-electron chi connectivity index (χ3n) is 3.57. The molecule has 14 heteroatoms. The van der Waals surface area contributed by atoms with E-state index >= 15 is 0 Å². The fraction of sp³-hybridized carbons (Fsp3) is 0.0667. The fourth-order valence-corrected chi connectivity index (χ4v) is 6.73. The summed E-state index contributed by atoms with van der Waals surface area (Å²) < 4.78 is 44.4. The first-order valence-electron chi connectivity index (χ1n) is 7.62. The second kappa shape index (κ2) is 8.19. The van der Waals surface area contributed by atoms with Crippen molar-refractivity contribution in [2.75, 3.05) is 6.29 Å². The predicted octanol–water partition coefficient (Wildman–Crippen LogP) is 4.62. The summed E-state index contributed by atoms with van der Waals surface area (Å²) in [5.41, 5.74) is -0.229. The highest BCUT2D eigenvalue weighted by Gasteiger charge is 2.27. The molecule has 9 nitrogen and oxygen atoms in total. The standard InChI is InChI=1S/C15H11Cl2N2O7PS2/c16-12-5-6-13(17)15-11(12)7-14(28-15)29(24,25)18-8-27(22,23)26-10-3-1-9(2-4-10)19(20)21/h1-7,18H,8H2,(H,22,23). The maximum Gasteiger partial charge on any atom is 0.391 e. The average molecular weight is 497 g/mol. The van der Waals surface area contributed by atoms with Crippen LogP contribution in [0.15, 0.2) is 46.7 Å². The number of thiophene rings is 1. The minimum atomic E-state index is -4.43.